The molecule has 0 spiro atoms. The molecule has 0 aliphatic heterocycles. The van der Waals surface area contributed by atoms with Crippen molar-refractivity contribution in [2.75, 3.05) is 0 Å². The summed E-state index contributed by atoms with van der Waals surface area (Å²) < 4.78 is 18.3. The zero-order valence-electron chi connectivity index (χ0n) is 9.34. The topological polar surface area (TPSA) is 29.1 Å². The third-order valence-electron chi connectivity index (χ3n) is 2.37. The Bertz CT molecular complexity index is 600. The molecule has 0 saturated heterocycles. The summed E-state index contributed by atoms with van der Waals surface area (Å²) in [5.74, 6) is -0.627. The van der Waals surface area contributed by atoms with Gasteiger partial charge < -0.3 is 4.74 Å². The second-order valence-electron chi connectivity index (χ2n) is 3.70. The quantitative estimate of drug-likeness (QED) is 0.729. The van der Waals surface area contributed by atoms with Gasteiger partial charge >= 0.3 is 0 Å². The summed E-state index contributed by atoms with van der Waals surface area (Å²) in [5, 5.41) is 11.8. The van der Waals surface area contributed by atoms with Gasteiger partial charge in [-0.15, -0.1) is 0 Å². The monoisotopic (exact) mass is 285 g/mol. The van der Waals surface area contributed by atoms with E-state index < -0.39 is 5.82 Å². The van der Waals surface area contributed by atoms with Crippen LogP contribution in [0.15, 0.2) is 30.3 Å². The predicted molar refractivity (Wildman–Crippen MR) is 67.8 cm³/mol. The van der Waals surface area contributed by atoms with Crippen molar-refractivity contribution < 1.29 is 14.2 Å². The normalized spacial score (nSPS) is 10.4. The van der Waals surface area contributed by atoms with E-state index in [1.165, 1.54) is 18.2 Å². The summed E-state index contributed by atoms with van der Waals surface area (Å²) in [6.07, 6.45) is 0. The summed E-state index contributed by atoms with van der Waals surface area (Å²) >= 11 is 11.6. The average molecular weight is 286 g/mol. The maximum absolute atomic E-state index is 13.0. The summed E-state index contributed by atoms with van der Waals surface area (Å²) in [7, 11) is 0. The van der Waals surface area contributed by atoms with Crippen LogP contribution in [0.2, 0.25) is 10.0 Å². The van der Waals surface area contributed by atoms with E-state index in [2.05, 4.69) is 0 Å². The SMILES string of the molecule is Cc1ccc([O])c(Oc2ccc(F)c(Cl)c2)c1Cl. The molecule has 2 rings (SSSR count). The summed E-state index contributed by atoms with van der Waals surface area (Å²) in [4.78, 5) is 0. The van der Waals surface area contributed by atoms with Crippen molar-refractivity contribution in [3.63, 3.8) is 0 Å². The smallest absolute Gasteiger partial charge is 0.222 e. The molecule has 0 unspecified atom stereocenters. The standard InChI is InChI=1S/C13H8Cl2FO2/c1-7-2-5-11(17)13(12(7)15)18-8-3-4-10(16)9(14)6-8/h2-6H,1H3. The lowest BCUT2D eigenvalue weighted by atomic mass is 10.2. The van der Waals surface area contributed by atoms with Gasteiger partial charge in [-0.2, -0.15) is 0 Å². The van der Waals surface area contributed by atoms with Crippen LogP contribution < -0.4 is 4.74 Å². The minimum absolute atomic E-state index is 0.0133. The Hall–Kier alpha value is -1.45. The molecule has 2 nitrogen and oxygen atoms in total. The number of benzene rings is 2. The minimum atomic E-state index is -0.554. The molecule has 0 amide bonds. The van der Waals surface area contributed by atoms with E-state index in [1.807, 2.05) is 0 Å². The molecule has 18 heavy (non-hydrogen) atoms. The molecule has 0 aromatic heterocycles. The van der Waals surface area contributed by atoms with Crippen molar-refractivity contribution in [3.8, 4) is 17.2 Å². The van der Waals surface area contributed by atoms with E-state index in [1.54, 1.807) is 13.0 Å². The van der Waals surface area contributed by atoms with Crippen LogP contribution in [0, 0.1) is 12.7 Å². The Labute approximate surface area is 114 Å². The Morgan fingerprint density at radius 3 is 2.56 bits per heavy atom. The molecular weight excluding hydrogens is 278 g/mol. The van der Waals surface area contributed by atoms with E-state index in [0.717, 1.165) is 11.6 Å². The molecule has 5 heteroatoms. The van der Waals surface area contributed by atoms with Gasteiger partial charge in [-0.25, -0.2) is 4.39 Å². The van der Waals surface area contributed by atoms with Crippen molar-refractivity contribution in [1.29, 1.82) is 0 Å². The lowest BCUT2D eigenvalue weighted by Gasteiger charge is -2.10. The second-order valence-corrected chi connectivity index (χ2v) is 4.49. The zero-order chi connectivity index (χ0) is 13.3. The number of hydrogen-bond acceptors (Lipinski definition) is 1. The van der Waals surface area contributed by atoms with Gasteiger partial charge in [0.25, 0.3) is 0 Å². The van der Waals surface area contributed by atoms with Crippen molar-refractivity contribution in [2.45, 2.75) is 6.92 Å². The Morgan fingerprint density at radius 1 is 1.17 bits per heavy atom. The summed E-state index contributed by atoms with van der Waals surface area (Å²) in [6.45, 7) is 1.76. The van der Waals surface area contributed by atoms with Crippen LogP contribution in [0.1, 0.15) is 5.56 Å². The van der Waals surface area contributed by atoms with Gasteiger partial charge in [0.05, 0.1) is 10.0 Å². The molecule has 93 valence electrons. The van der Waals surface area contributed by atoms with E-state index >= 15 is 0 Å². The van der Waals surface area contributed by atoms with Crippen molar-refractivity contribution in [1.82, 2.24) is 0 Å². The van der Waals surface area contributed by atoms with Crippen LogP contribution in [0.25, 0.3) is 0 Å². The van der Waals surface area contributed by atoms with E-state index in [4.69, 9.17) is 27.9 Å². The molecule has 0 fully saturated rings. The molecule has 0 N–H and O–H groups in total. The first-order chi connectivity index (χ1) is 8.49. The summed E-state index contributed by atoms with van der Waals surface area (Å²) in [5.41, 5.74) is 0.722. The Kier molecular flexibility index (Phi) is 3.64. The fourth-order valence-corrected chi connectivity index (χ4v) is 1.76. The highest BCUT2D eigenvalue weighted by Crippen LogP contribution is 2.40. The third-order valence-corrected chi connectivity index (χ3v) is 3.12. The van der Waals surface area contributed by atoms with Crippen LogP contribution in [0.3, 0.4) is 0 Å². The van der Waals surface area contributed by atoms with Crippen molar-refractivity contribution >= 4 is 23.2 Å². The lowest BCUT2D eigenvalue weighted by Crippen LogP contribution is -1.88. The van der Waals surface area contributed by atoms with E-state index in [-0.39, 0.29) is 27.3 Å². The molecule has 2 aromatic carbocycles. The highest BCUT2D eigenvalue weighted by molar-refractivity contribution is 6.33. The molecule has 0 saturated carbocycles. The first-order valence-corrected chi connectivity index (χ1v) is 5.83. The maximum atomic E-state index is 13.0. The Balaban J connectivity index is 2.39. The van der Waals surface area contributed by atoms with E-state index in [9.17, 15) is 9.50 Å². The van der Waals surface area contributed by atoms with E-state index in [0.29, 0.717) is 0 Å². The number of rotatable bonds is 2. The van der Waals surface area contributed by atoms with Gasteiger partial charge in [0.2, 0.25) is 5.75 Å². The fourth-order valence-electron chi connectivity index (χ4n) is 1.39. The zero-order valence-corrected chi connectivity index (χ0v) is 10.8. The lowest BCUT2D eigenvalue weighted by molar-refractivity contribution is 0.329. The number of hydrogen-bond donors (Lipinski definition) is 0. The highest BCUT2D eigenvalue weighted by Gasteiger charge is 2.13. The van der Waals surface area contributed by atoms with Gasteiger partial charge in [0, 0.05) is 6.07 Å². The van der Waals surface area contributed by atoms with Gasteiger partial charge in [-0.05, 0) is 30.7 Å². The molecule has 0 bridgehead atoms. The Morgan fingerprint density at radius 2 is 1.89 bits per heavy atom. The highest BCUT2D eigenvalue weighted by atomic mass is 35.5. The largest absolute Gasteiger partial charge is 0.452 e. The van der Waals surface area contributed by atoms with Crippen LogP contribution in [0.4, 0.5) is 4.39 Å². The fraction of sp³-hybridized carbons (Fsp3) is 0.0769. The number of halogens is 3. The number of aryl methyl sites for hydroxylation is 1. The molecule has 0 aliphatic rings. The average Bonchev–Trinajstić information content (AvgIpc) is 2.34. The predicted octanol–water partition coefficient (Wildman–Crippen LogP) is 5.38. The molecule has 2 aromatic rings. The maximum Gasteiger partial charge on any atom is 0.222 e. The molecule has 1 radical (unpaired) electrons. The summed E-state index contributed by atoms with van der Waals surface area (Å²) in [6, 6.07) is 6.79. The third kappa shape index (κ3) is 2.52. The van der Waals surface area contributed by atoms with Gasteiger partial charge in [0.1, 0.15) is 11.6 Å². The van der Waals surface area contributed by atoms with Crippen LogP contribution in [-0.2, 0) is 5.11 Å². The van der Waals surface area contributed by atoms with Crippen molar-refractivity contribution in [3.05, 3.63) is 51.8 Å². The molecule has 0 atom stereocenters. The molecule has 0 heterocycles. The van der Waals surface area contributed by atoms with Gasteiger partial charge in [-0.1, -0.05) is 29.3 Å². The first kappa shape index (κ1) is 13.0. The molecule has 0 aliphatic carbocycles. The number of ether oxygens (including phenoxy) is 1. The van der Waals surface area contributed by atoms with Crippen molar-refractivity contribution in [2.24, 2.45) is 0 Å². The van der Waals surface area contributed by atoms with Gasteiger partial charge in [0.15, 0.2) is 5.75 Å². The first-order valence-electron chi connectivity index (χ1n) is 5.08. The second kappa shape index (κ2) is 5.04. The van der Waals surface area contributed by atoms with Crippen LogP contribution in [0.5, 0.6) is 17.2 Å². The van der Waals surface area contributed by atoms with Gasteiger partial charge in [-0.3, -0.25) is 5.11 Å². The minimum Gasteiger partial charge on any atom is -0.452 e. The van der Waals surface area contributed by atoms with Crippen LogP contribution in [-0.4, -0.2) is 0 Å². The molecular formula is C13H8Cl2FO2. The van der Waals surface area contributed by atoms with Crippen LogP contribution >= 0.6 is 23.2 Å².